The molecule has 16 nitrogen and oxygen atoms in total. The van der Waals surface area contributed by atoms with E-state index in [-0.39, 0.29) is 31.4 Å². The Balaban J connectivity index is 1.01. The number of imide groups is 1. The van der Waals surface area contributed by atoms with Gasteiger partial charge in [-0.25, -0.2) is 4.79 Å². The lowest BCUT2D eigenvalue weighted by Gasteiger charge is -2.43. The number of aliphatic hydroxyl groups excluding tert-OH is 3. The molecular weight excluding hydrogens is 745 g/mol. The van der Waals surface area contributed by atoms with Gasteiger partial charge in [0.1, 0.15) is 24.4 Å². The molecule has 0 spiro atoms. The first kappa shape index (κ1) is 38.8. The molecule has 8 rings (SSSR count). The predicted octanol–water partition coefficient (Wildman–Crippen LogP) is 2.05. The number of carbonyl (C=O) groups is 3. The summed E-state index contributed by atoms with van der Waals surface area (Å²) >= 11 is 0. The Kier molecular flexibility index (Phi) is 10.4. The van der Waals surface area contributed by atoms with Gasteiger partial charge in [-0.3, -0.25) is 14.9 Å². The number of nitrogens with one attached hydrogen (secondary N) is 2. The second-order valence-electron chi connectivity index (χ2n) is 16.5. The average Bonchev–Trinajstić information content (AvgIpc) is 3.80. The van der Waals surface area contributed by atoms with E-state index < -0.39 is 87.1 Å². The van der Waals surface area contributed by atoms with Gasteiger partial charge in [-0.05, 0) is 29.3 Å². The molecule has 0 bridgehead atoms. The van der Waals surface area contributed by atoms with Crippen LogP contribution in [0.3, 0.4) is 0 Å². The molecule has 17 heteroatoms. The number of anilines is 1. The van der Waals surface area contributed by atoms with Crippen molar-refractivity contribution < 1.29 is 58.2 Å². The maximum absolute atomic E-state index is 13.5. The van der Waals surface area contributed by atoms with Crippen LogP contribution in [0.4, 0.5) is 10.5 Å². The van der Waals surface area contributed by atoms with Gasteiger partial charge in [-0.1, -0.05) is 56.0 Å². The second kappa shape index (κ2) is 15.0. The molecule has 3 fully saturated rings. The Morgan fingerprint density at radius 2 is 1.77 bits per heavy atom. The summed E-state index contributed by atoms with van der Waals surface area (Å²) in [6.07, 6.45) is -8.79. The topological polar surface area (TPSA) is 200 Å². The second-order valence-corrected chi connectivity index (χ2v) is 22.2. The number of methoxy groups -OCH3 is 1. The number of nitrogens with zero attached hydrogens (tertiary/aromatic N) is 2. The minimum Gasteiger partial charge on any atom is -0.450 e. The Morgan fingerprint density at radius 1 is 1.02 bits per heavy atom. The van der Waals surface area contributed by atoms with Gasteiger partial charge < -0.3 is 54.1 Å². The highest BCUT2D eigenvalue weighted by Gasteiger charge is 2.59. The number of rotatable bonds is 10. The average molecular weight is 795 g/mol. The number of fused-ring (bicyclic) bond motifs is 10. The van der Waals surface area contributed by atoms with Crippen molar-refractivity contribution in [2.24, 2.45) is 5.92 Å². The quantitative estimate of drug-likeness (QED) is 0.148. The van der Waals surface area contributed by atoms with E-state index in [4.69, 9.17) is 28.5 Å². The molecule has 3 saturated heterocycles. The summed E-state index contributed by atoms with van der Waals surface area (Å²) in [5.74, 6) is -2.54. The van der Waals surface area contributed by atoms with Crippen molar-refractivity contribution in [2.45, 2.75) is 99.1 Å². The monoisotopic (exact) mass is 794 g/mol. The van der Waals surface area contributed by atoms with Gasteiger partial charge in [0.2, 0.25) is 11.8 Å². The van der Waals surface area contributed by atoms with Gasteiger partial charge in [0, 0.05) is 45.6 Å². The van der Waals surface area contributed by atoms with Crippen LogP contribution in [0.2, 0.25) is 25.7 Å². The van der Waals surface area contributed by atoms with Gasteiger partial charge in [0.05, 0.1) is 61.1 Å². The van der Waals surface area contributed by atoms with E-state index in [0.29, 0.717) is 28.8 Å². The highest BCUT2D eigenvalue weighted by atomic mass is 28.3. The number of carbonyl (C=O) groups excluding carboxylic acids is 3. The summed E-state index contributed by atoms with van der Waals surface area (Å²) < 4.78 is 30.8. The molecule has 3 amide bonds. The van der Waals surface area contributed by atoms with Crippen molar-refractivity contribution in [3.63, 3.8) is 0 Å². The molecule has 56 heavy (non-hydrogen) atoms. The number of para-hydroxylation sites is 2. The maximum atomic E-state index is 13.5. The van der Waals surface area contributed by atoms with E-state index >= 15 is 0 Å². The molecule has 1 aromatic heterocycles. The van der Waals surface area contributed by atoms with Crippen LogP contribution >= 0.6 is 0 Å². The number of hydrogen-bond donors (Lipinski definition) is 5. The van der Waals surface area contributed by atoms with Crippen molar-refractivity contribution in [3.05, 3.63) is 65.4 Å². The van der Waals surface area contributed by atoms with E-state index in [1.165, 1.54) is 12.0 Å². The Morgan fingerprint density at radius 3 is 2.52 bits per heavy atom. The highest BCUT2D eigenvalue weighted by Crippen LogP contribution is 2.59. The molecule has 12 atom stereocenters. The van der Waals surface area contributed by atoms with Crippen LogP contribution < -0.4 is 15.5 Å². The predicted molar refractivity (Wildman–Crippen MR) is 202 cm³/mol. The molecule has 5 heterocycles. The van der Waals surface area contributed by atoms with Crippen LogP contribution in [-0.2, 0) is 33.3 Å². The first-order valence-electron chi connectivity index (χ1n) is 19.1. The third-order valence-electron chi connectivity index (χ3n) is 11.8. The maximum Gasteiger partial charge on any atom is 0.409 e. The Bertz CT molecular complexity index is 1990. The van der Waals surface area contributed by atoms with Crippen molar-refractivity contribution in [1.82, 2.24) is 14.9 Å². The van der Waals surface area contributed by atoms with Crippen LogP contribution in [-0.4, -0.2) is 134 Å². The standard InChI is InChI=1S/C39H50N4O12Si/c1-42(39(49)51-14-15-56(3,4)5)23-17-52-26(16-24(23)44)53-18-25-35(50-2)33(45)34(46)38(54-25)55-43-22-13-9-7-11-20(22)28-30-29(36(47)41-37(30)48)27-19-10-6-8-12-21(19)40-31(27)32(28)43/h6-13,23-27,29-31,33-35,38,40,44-46H,14-18H2,1-5H3,(H,41,47,48)/t23-,24-,25+,26+,27+,29?,30+,31?,33+,34+,35+,38-/m0/s1. The lowest BCUT2D eigenvalue weighted by Crippen LogP contribution is -2.62. The van der Waals surface area contributed by atoms with Crippen molar-refractivity contribution in [1.29, 1.82) is 0 Å². The molecule has 1 aliphatic carbocycles. The van der Waals surface area contributed by atoms with Gasteiger partial charge >= 0.3 is 6.09 Å². The van der Waals surface area contributed by atoms with Crippen LogP contribution in [0.25, 0.3) is 10.9 Å². The summed E-state index contributed by atoms with van der Waals surface area (Å²) in [7, 11) is 1.55. The van der Waals surface area contributed by atoms with E-state index in [2.05, 4.69) is 30.3 Å². The minimum absolute atomic E-state index is 0.00485. The molecule has 4 aliphatic heterocycles. The third-order valence-corrected chi connectivity index (χ3v) is 13.5. The summed E-state index contributed by atoms with van der Waals surface area (Å²) in [5, 5.41) is 40.6. The smallest absolute Gasteiger partial charge is 0.409 e. The van der Waals surface area contributed by atoms with Crippen LogP contribution in [0.5, 0.6) is 0 Å². The van der Waals surface area contributed by atoms with Gasteiger partial charge in [-0.2, -0.15) is 4.73 Å². The zero-order valence-electron chi connectivity index (χ0n) is 32.0. The number of likely N-dealkylation sites (N-methyl/N-ethyl adjacent to an activating group) is 1. The summed E-state index contributed by atoms with van der Waals surface area (Å²) in [5.41, 5.74) is 3.59. The first-order chi connectivity index (χ1) is 26.8. The Hall–Kier alpha value is -4.07. The fourth-order valence-corrected chi connectivity index (χ4v) is 9.61. The molecule has 302 valence electrons. The van der Waals surface area contributed by atoms with Gasteiger partial charge in [0.25, 0.3) is 6.29 Å². The highest BCUT2D eigenvalue weighted by molar-refractivity contribution is 6.76. The lowest BCUT2D eigenvalue weighted by atomic mass is 9.68. The van der Waals surface area contributed by atoms with Crippen LogP contribution in [0.1, 0.15) is 41.1 Å². The minimum atomic E-state index is -1.57. The Labute approximate surface area is 324 Å². The molecule has 0 saturated carbocycles. The zero-order valence-corrected chi connectivity index (χ0v) is 33.0. The lowest BCUT2D eigenvalue weighted by molar-refractivity contribution is -0.313. The molecule has 5 N–H and O–H groups in total. The fourth-order valence-electron chi connectivity index (χ4n) is 8.89. The van der Waals surface area contributed by atoms with Crippen LogP contribution in [0.15, 0.2) is 48.5 Å². The number of aliphatic hydroxyl groups is 3. The van der Waals surface area contributed by atoms with E-state index in [1.807, 2.05) is 48.5 Å². The van der Waals surface area contributed by atoms with Crippen molar-refractivity contribution in [3.8, 4) is 0 Å². The van der Waals surface area contributed by atoms with Crippen LogP contribution in [0, 0.1) is 5.92 Å². The van der Waals surface area contributed by atoms with E-state index in [1.54, 1.807) is 11.8 Å². The normalized spacial score (nSPS) is 33.5. The SMILES string of the molecule is CO[C@H]1[C@H](O)[C@@H](O)[C@H](On2c3c(c4ccccc42)[C@H]2C(=O)NC(=O)C2[C@H]2c4ccccc4NC32)O[C@@H]1CO[C@@H]1C[C@H](O)[C@@H](N(C)C(=O)OCC[Si](C)(C)C)CO1. The zero-order chi connectivity index (χ0) is 39.6. The molecular formula is C39H50N4O12Si. The third kappa shape index (κ3) is 6.76. The molecule has 3 aromatic rings. The van der Waals surface area contributed by atoms with Gasteiger partial charge in [0.15, 0.2) is 6.29 Å². The largest absolute Gasteiger partial charge is 0.450 e. The van der Waals surface area contributed by atoms with Crippen molar-refractivity contribution >= 4 is 42.6 Å². The van der Waals surface area contributed by atoms with Gasteiger partial charge in [-0.15, -0.1) is 0 Å². The molecule has 2 unspecified atom stereocenters. The number of ether oxygens (including phenoxy) is 5. The first-order valence-corrected chi connectivity index (χ1v) is 22.8. The molecule has 5 aliphatic rings. The fraction of sp³-hybridized carbons (Fsp3) is 0.564. The van der Waals surface area contributed by atoms with E-state index in [0.717, 1.165) is 17.3 Å². The van der Waals surface area contributed by atoms with Crippen molar-refractivity contribution in [2.75, 3.05) is 39.3 Å². The summed E-state index contributed by atoms with van der Waals surface area (Å²) in [4.78, 5) is 47.5. The summed E-state index contributed by atoms with van der Waals surface area (Å²) in [6, 6.07) is 14.8. The number of aromatic nitrogens is 1. The number of hydrogen-bond acceptors (Lipinski definition) is 13. The number of amides is 3. The molecule has 2 aromatic carbocycles. The van der Waals surface area contributed by atoms with E-state index in [9.17, 15) is 29.7 Å². The molecule has 0 radical (unpaired) electrons. The summed E-state index contributed by atoms with van der Waals surface area (Å²) in [6.45, 7) is 6.73. The number of benzene rings is 2.